The van der Waals surface area contributed by atoms with Crippen LogP contribution in [0.5, 0.6) is 0 Å². The Labute approximate surface area is 221 Å². The lowest BCUT2D eigenvalue weighted by atomic mass is 9.92. The fourth-order valence-electron chi connectivity index (χ4n) is 5.08. The fourth-order valence-corrected chi connectivity index (χ4v) is 5.40. The van der Waals surface area contributed by atoms with Crippen molar-refractivity contribution in [2.45, 2.75) is 37.5 Å². The first-order valence-electron chi connectivity index (χ1n) is 12.3. The highest BCUT2D eigenvalue weighted by Gasteiger charge is 2.38. The van der Waals surface area contributed by atoms with Gasteiger partial charge in [0.25, 0.3) is 5.91 Å². The number of hydrogen-bond donors (Lipinski definition) is 1. The third-order valence-electron chi connectivity index (χ3n) is 6.92. The summed E-state index contributed by atoms with van der Waals surface area (Å²) in [6, 6.07) is 12.2. The molecule has 2 aromatic rings. The summed E-state index contributed by atoms with van der Waals surface area (Å²) in [6.07, 6.45) is 10.8. The van der Waals surface area contributed by atoms with Crippen LogP contribution >= 0.6 is 23.2 Å². The van der Waals surface area contributed by atoms with Crippen molar-refractivity contribution >= 4 is 40.7 Å². The Hall–Kier alpha value is -2.64. The van der Waals surface area contributed by atoms with E-state index in [1.165, 1.54) is 0 Å². The second-order valence-electron chi connectivity index (χ2n) is 9.54. The molecule has 2 aliphatic heterocycles. The van der Waals surface area contributed by atoms with Crippen molar-refractivity contribution in [2.75, 3.05) is 31.1 Å². The minimum absolute atomic E-state index is 0.0449. The molecule has 2 aromatic carbocycles. The summed E-state index contributed by atoms with van der Waals surface area (Å²) in [6.45, 7) is 2.43. The van der Waals surface area contributed by atoms with Crippen LogP contribution in [0.4, 0.5) is 5.69 Å². The molecule has 1 atom stereocenters. The number of halogens is 2. The first kappa shape index (κ1) is 25.0. The molecule has 3 aliphatic rings. The molecular weight excluding hydrogens is 497 g/mol. The van der Waals surface area contributed by atoms with E-state index in [2.05, 4.69) is 17.5 Å². The predicted molar refractivity (Wildman–Crippen MR) is 143 cm³/mol. The maximum atomic E-state index is 13.7. The van der Waals surface area contributed by atoms with Gasteiger partial charge < -0.3 is 19.9 Å². The van der Waals surface area contributed by atoms with Crippen LogP contribution in [0.15, 0.2) is 66.8 Å². The number of fused-ring (bicyclic) bond motifs is 1. The average molecular weight is 526 g/mol. The SMILES string of the molecule is O=C(c1ccc(Cl)cc1)N1CC(=O)N(CC2(OC3CCNCC3)C=CC=CC2)c2ccc(Cl)cc2C1. The number of anilines is 1. The van der Waals surface area contributed by atoms with E-state index in [1.54, 1.807) is 40.1 Å². The molecule has 5 rings (SSSR count). The van der Waals surface area contributed by atoms with E-state index >= 15 is 0 Å². The number of hydrogen-bond acceptors (Lipinski definition) is 4. The van der Waals surface area contributed by atoms with Crippen LogP contribution < -0.4 is 10.2 Å². The molecule has 1 fully saturated rings. The van der Waals surface area contributed by atoms with Gasteiger partial charge in [-0.2, -0.15) is 0 Å². The molecule has 0 radical (unpaired) electrons. The second-order valence-corrected chi connectivity index (χ2v) is 10.4. The number of rotatable bonds is 5. The Bertz CT molecular complexity index is 1190. The maximum Gasteiger partial charge on any atom is 0.254 e. The lowest BCUT2D eigenvalue weighted by Gasteiger charge is -2.40. The zero-order valence-electron chi connectivity index (χ0n) is 20.0. The standard InChI is InChI=1S/C28H29Cl2N3O3/c29-22-6-4-20(5-7-22)27(35)32-17-21-16-23(30)8-9-25(21)33(26(34)18-32)19-28(12-2-1-3-13-28)36-24-10-14-31-15-11-24/h1-9,12,16,24,31H,10-11,13-15,17-19H2. The van der Waals surface area contributed by atoms with Crippen LogP contribution in [0.3, 0.4) is 0 Å². The molecule has 0 saturated carbocycles. The van der Waals surface area contributed by atoms with Gasteiger partial charge >= 0.3 is 0 Å². The number of nitrogens with one attached hydrogen (secondary N) is 1. The highest BCUT2D eigenvalue weighted by molar-refractivity contribution is 6.31. The molecule has 2 heterocycles. The van der Waals surface area contributed by atoms with Crippen LogP contribution in [-0.4, -0.2) is 54.6 Å². The Kier molecular flexibility index (Phi) is 7.49. The number of piperidine rings is 1. The zero-order chi connectivity index (χ0) is 25.1. The van der Waals surface area contributed by atoms with Crippen LogP contribution in [0.1, 0.15) is 35.2 Å². The van der Waals surface area contributed by atoms with Gasteiger partial charge in [-0.3, -0.25) is 9.59 Å². The average Bonchev–Trinajstić information content (AvgIpc) is 3.01. The Morgan fingerprint density at radius 2 is 1.78 bits per heavy atom. The summed E-state index contributed by atoms with van der Waals surface area (Å²) in [4.78, 5) is 30.4. The number of benzene rings is 2. The van der Waals surface area contributed by atoms with Crippen molar-refractivity contribution in [3.63, 3.8) is 0 Å². The summed E-state index contributed by atoms with van der Waals surface area (Å²) in [7, 11) is 0. The maximum absolute atomic E-state index is 13.7. The first-order chi connectivity index (χ1) is 17.4. The molecule has 1 aliphatic carbocycles. The normalized spacial score (nSPS) is 22.4. The molecule has 188 valence electrons. The van der Waals surface area contributed by atoms with Crippen molar-refractivity contribution in [3.05, 3.63) is 87.9 Å². The Balaban J connectivity index is 1.46. The van der Waals surface area contributed by atoms with Crippen LogP contribution in [0, 0.1) is 0 Å². The van der Waals surface area contributed by atoms with Crippen LogP contribution in [0.2, 0.25) is 10.0 Å². The molecule has 36 heavy (non-hydrogen) atoms. The van der Waals surface area contributed by atoms with Gasteiger partial charge in [-0.25, -0.2) is 0 Å². The molecule has 6 nitrogen and oxygen atoms in total. The van der Waals surface area contributed by atoms with Gasteiger partial charge in [-0.15, -0.1) is 0 Å². The lowest BCUT2D eigenvalue weighted by Crippen LogP contribution is -2.51. The molecule has 2 amide bonds. The highest BCUT2D eigenvalue weighted by Crippen LogP contribution is 2.34. The van der Waals surface area contributed by atoms with Crippen molar-refractivity contribution in [1.29, 1.82) is 0 Å². The lowest BCUT2D eigenvalue weighted by molar-refractivity contribution is -0.121. The van der Waals surface area contributed by atoms with Gasteiger partial charge in [0.2, 0.25) is 5.91 Å². The third kappa shape index (κ3) is 5.52. The molecular formula is C28H29Cl2N3O3. The van der Waals surface area contributed by atoms with E-state index < -0.39 is 5.60 Å². The van der Waals surface area contributed by atoms with Crippen molar-refractivity contribution in [1.82, 2.24) is 10.2 Å². The molecule has 1 unspecified atom stereocenters. The summed E-state index contributed by atoms with van der Waals surface area (Å²) >= 11 is 12.4. The molecule has 0 spiro atoms. The fraction of sp³-hybridized carbons (Fsp3) is 0.357. The summed E-state index contributed by atoms with van der Waals surface area (Å²) in [5, 5.41) is 4.49. The number of carbonyl (C=O) groups excluding carboxylic acids is 2. The molecule has 1 saturated heterocycles. The van der Waals surface area contributed by atoms with E-state index in [4.69, 9.17) is 27.9 Å². The van der Waals surface area contributed by atoms with Gasteiger partial charge in [-0.05, 0) is 74.0 Å². The van der Waals surface area contributed by atoms with Gasteiger partial charge in [0.15, 0.2) is 0 Å². The largest absolute Gasteiger partial charge is 0.365 e. The van der Waals surface area contributed by atoms with Gasteiger partial charge in [0, 0.05) is 34.3 Å². The van der Waals surface area contributed by atoms with Gasteiger partial charge in [0.1, 0.15) is 12.1 Å². The van der Waals surface area contributed by atoms with Crippen molar-refractivity contribution in [2.24, 2.45) is 0 Å². The summed E-state index contributed by atoms with van der Waals surface area (Å²) in [5.41, 5.74) is 1.42. The molecule has 0 bridgehead atoms. The van der Waals surface area contributed by atoms with E-state index in [0.717, 1.165) is 37.2 Å². The topological polar surface area (TPSA) is 61.9 Å². The number of nitrogens with zero attached hydrogens (tertiary/aromatic N) is 2. The zero-order valence-corrected chi connectivity index (χ0v) is 21.5. The van der Waals surface area contributed by atoms with E-state index in [9.17, 15) is 9.59 Å². The number of amides is 2. The van der Waals surface area contributed by atoms with E-state index in [0.29, 0.717) is 28.6 Å². The third-order valence-corrected chi connectivity index (χ3v) is 7.41. The monoisotopic (exact) mass is 525 g/mol. The molecule has 8 heteroatoms. The molecule has 1 N–H and O–H groups in total. The quantitative estimate of drug-likeness (QED) is 0.596. The minimum Gasteiger partial charge on any atom is -0.365 e. The summed E-state index contributed by atoms with van der Waals surface area (Å²) in [5.74, 6) is -0.386. The summed E-state index contributed by atoms with van der Waals surface area (Å²) < 4.78 is 6.71. The van der Waals surface area contributed by atoms with Crippen LogP contribution in [-0.2, 0) is 16.1 Å². The smallest absolute Gasteiger partial charge is 0.254 e. The Morgan fingerprint density at radius 1 is 1.03 bits per heavy atom. The number of allylic oxidation sites excluding steroid dienone is 2. The predicted octanol–water partition coefficient (Wildman–Crippen LogP) is 5.01. The molecule has 0 aromatic heterocycles. The minimum atomic E-state index is -0.640. The first-order valence-corrected chi connectivity index (χ1v) is 13.0. The van der Waals surface area contributed by atoms with Gasteiger partial charge in [0.05, 0.1) is 12.6 Å². The van der Waals surface area contributed by atoms with Crippen molar-refractivity contribution in [3.8, 4) is 0 Å². The van der Waals surface area contributed by atoms with E-state index in [-0.39, 0.29) is 31.0 Å². The number of ether oxygens (including phenoxy) is 1. The highest BCUT2D eigenvalue weighted by atomic mass is 35.5. The van der Waals surface area contributed by atoms with Crippen molar-refractivity contribution < 1.29 is 14.3 Å². The Morgan fingerprint density at radius 3 is 2.50 bits per heavy atom. The van der Waals surface area contributed by atoms with Gasteiger partial charge in [-0.1, -0.05) is 47.5 Å². The second kappa shape index (κ2) is 10.8. The van der Waals surface area contributed by atoms with E-state index in [1.807, 2.05) is 24.3 Å². The number of carbonyl (C=O) groups is 2. The van der Waals surface area contributed by atoms with Crippen LogP contribution in [0.25, 0.3) is 0 Å².